The first kappa shape index (κ1) is 11.3. The Balaban J connectivity index is 2.28. The van der Waals surface area contributed by atoms with Crippen molar-refractivity contribution in [3.05, 3.63) is 42.0 Å². The molecule has 0 saturated heterocycles. The Morgan fingerprint density at radius 3 is 2.41 bits per heavy atom. The van der Waals surface area contributed by atoms with E-state index in [0.29, 0.717) is 5.69 Å². The molecule has 2 rings (SSSR count). The van der Waals surface area contributed by atoms with Gasteiger partial charge in [0.1, 0.15) is 5.78 Å². The molecule has 86 valence electrons. The first-order valence-corrected chi connectivity index (χ1v) is 5.23. The average Bonchev–Trinajstić information content (AvgIpc) is 2.54. The topological polar surface area (TPSA) is 54.5 Å². The number of hydrogen-bond acceptors (Lipinski definition) is 3. The number of rotatable bonds is 3. The van der Waals surface area contributed by atoms with Gasteiger partial charge in [0.05, 0.1) is 5.69 Å². The third kappa shape index (κ3) is 2.15. The molecule has 0 aliphatic carbocycles. The maximum atomic E-state index is 11.9. The molecular weight excluding hydrogens is 218 g/mol. The van der Waals surface area contributed by atoms with Crippen molar-refractivity contribution in [2.45, 2.75) is 13.3 Å². The lowest BCUT2D eigenvalue weighted by Gasteiger charge is -2.14. The minimum atomic E-state index is -0.406. The number of ketones is 1. The number of anilines is 1. The van der Waals surface area contributed by atoms with Crippen LogP contribution < -0.4 is 4.90 Å². The summed E-state index contributed by atoms with van der Waals surface area (Å²) in [6.07, 6.45) is 1.24. The number of hydrogen-bond donors (Lipinski definition) is 0. The first-order valence-electron chi connectivity index (χ1n) is 5.23. The molecular formula is C13H11NO3. The molecule has 0 aromatic heterocycles. The van der Waals surface area contributed by atoms with Crippen molar-refractivity contribution in [2.75, 3.05) is 4.90 Å². The van der Waals surface area contributed by atoms with Crippen molar-refractivity contribution < 1.29 is 14.4 Å². The molecule has 0 saturated carbocycles. The van der Waals surface area contributed by atoms with Crippen LogP contribution in [0.3, 0.4) is 0 Å². The fourth-order valence-electron chi connectivity index (χ4n) is 1.74. The number of amides is 2. The Labute approximate surface area is 98.5 Å². The van der Waals surface area contributed by atoms with Crippen molar-refractivity contribution in [3.63, 3.8) is 0 Å². The van der Waals surface area contributed by atoms with Gasteiger partial charge in [-0.15, -0.1) is 0 Å². The third-order valence-corrected chi connectivity index (χ3v) is 2.45. The Bertz CT molecular complexity index is 517. The highest BCUT2D eigenvalue weighted by atomic mass is 16.2. The number of nitrogens with zero attached hydrogens (tertiary/aromatic N) is 1. The summed E-state index contributed by atoms with van der Waals surface area (Å²) < 4.78 is 0. The minimum absolute atomic E-state index is 0.00784. The van der Waals surface area contributed by atoms with Crippen LogP contribution in [0.2, 0.25) is 0 Å². The predicted octanol–water partition coefficient (Wildman–Crippen LogP) is 1.47. The van der Waals surface area contributed by atoms with Gasteiger partial charge in [0.25, 0.3) is 11.8 Å². The lowest BCUT2D eigenvalue weighted by Crippen LogP contribution is -2.30. The largest absolute Gasteiger partial charge is 0.300 e. The predicted molar refractivity (Wildman–Crippen MR) is 62.3 cm³/mol. The molecule has 1 heterocycles. The number of para-hydroxylation sites is 1. The zero-order valence-electron chi connectivity index (χ0n) is 9.34. The normalized spacial score (nSPS) is 15.1. The molecule has 0 bridgehead atoms. The molecule has 1 aliphatic rings. The molecule has 0 unspecified atom stereocenters. The van der Waals surface area contributed by atoms with E-state index in [2.05, 4.69) is 0 Å². The van der Waals surface area contributed by atoms with Gasteiger partial charge in [-0.25, -0.2) is 4.90 Å². The van der Waals surface area contributed by atoms with Crippen molar-refractivity contribution in [1.29, 1.82) is 0 Å². The van der Waals surface area contributed by atoms with Crippen LogP contribution in [-0.2, 0) is 14.4 Å². The van der Waals surface area contributed by atoms with Crippen LogP contribution in [0.25, 0.3) is 0 Å². The van der Waals surface area contributed by atoms with Gasteiger partial charge in [-0.2, -0.15) is 0 Å². The van der Waals surface area contributed by atoms with E-state index >= 15 is 0 Å². The Hall–Kier alpha value is -2.23. The molecule has 2 amide bonds. The van der Waals surface area contributed by atoms with Crippen LogP contribution >= 0.6 is 0 Å². The zero-order valence-corrected chi connectivity index (χ0v) is 9.34. The van der Waals surface area contributed by atoms with Crippen molar-refractivity contribution in [3.8, 4) is 0 Å². The van der Waals surface area contributed by atoms with Crippen molar-refractivity contribution >= 4 is 23.3 Å². The molecule has 4 nitrogen and oxygen atoms in total. The second-order valence-corrected chi connectivity index (χ2v) is 3.86. The van der Waals surface area contributed by atoms with Crippen LogP contribution in [0, 0.1) is 0 Å². The SMILES string of the molecule is CC(=O)CC1=CC(=O)N(c2ccccc2)C1=O. The summed E-state index contributed by atoms with van der Waals surface area (Å²) in [4.78, 5) is 35.7. The zero-order chi connectivity index (χ0) is 12.4. The molecule has 1 aliphatic heterocycles. The van der Waals surface area contributed by atoms with E-state index < -0.39 is 11.8 Å². The van der Waals surface area contributed by atoms with Crippen LogP contribution in [-0.4, -0.2) is 17.6 Å². The van der Waals surface area contributed by atoms with Gasteiger partial charge in [-0.3, -0.25) is 14.4 Å². The number of carbonyl (C=O) groups excluding carboxylic acids is 3. The van der Waals surface area contributed by atoms with Crippen molar-refractivity contribution in [2.24, 2.45) is 0 Å². The minimum Gasteiger partial charge on any atom is -0.300 e. The summed E-state index contributed by atoms with van der Waals surface area (Å²) in [5.74, 6) is -0.929. The highest BCUT2D eigenvalue weighted by molar-refractivity contribution is 6.31. The monoisotopic (exact) mass is 229 g/mol. The third-order valence-electron chi connectivity index (χ3n) is 2.45. The van der Waals surface area contributed by atoms with E-state index in [0.717, 1.165) is 4.90 Å². The summed E-state index contributed by atoms with van der Waals surface area (Å²) in [5.41, 5.74) is 0.781. The molecule has 0 fully saturated rings. The molecule has 1 aromatic rings. The summed E-state index contributed by atoms with van der Waals surface area (Å²) in [6, 6.07) is 8.66. The summed E-state index contributed by atoms with van der Waals surface area (Å²) in [6.45, 7) is 1.39. The van der Waals surface area contributed by atoms with E-state index in [4.69, 9.17) is 0 Å². The van der Waals surface area contributed by atoms with Gasteiger partial charge >= 0.3 is 0 Å². The molecule has 0 radical (unpaired) electrons. The highest BCUT2D eigenvalue weighted by Gasteiger charge is 2.32. The second-order valence-electron chi connectivity index (χ2n) is 3.86. The van der Waals surface area contributed by atoms with Crippen LogP contribution in [0.1, 0.15) is 13.3 Å². The maximum absolute atomic E-state index is 11.9. The van der Waals surface area contributed by atoms with E-state index in [1.807, 2.05) is 0 Å². The van der Waals surface area contributed by atoms with E-state index in [-0.39, 0.29) is 17.8 Å². The fourth-order valence-corrected chi connectivity index (χ4v) is 1.74. The van der Waals surface area contributed by atoms with Gasteiger partial charge in [0.2, 0.25) is 0 Å². The van der Waals surface area contributed by atoms with Crippen LogP contribution in [0.4, 0.5) is 5.69 Å². The summed E-state index contributed by atoms with van der Waals surface area (Å²) in [5, 5.41) is 0. The Morgan fingerprint density at radius 1 is 1.18 bits per heavy atom. The lowest BCUT2D eigenvalue weighted by molar-refractivity contribution is -0.122. The average molecular weight is 229 g/mol. The van der Waals surface area contributed by atoms with Gasteiger partial charge < -0.3 is 0 Å². The smallest absolute Gasteiger partial charge is 0.261 e. The highest BCUT2D eigenvalue weighted by Crippen LogP contribution is 2.23. The molecule has 1 aromatic carbocycles. The molecule has 0 atom stereocenters. The number of benzene rings is 1. The number of imide groups is 1. The Kier molecular flexibility index (Phi) is 2.87. The summed E-state index contributed by atoms with van der Waals surface area (Å²) in [7, 11) is 0. The van der Waals surface area contributed by atoms with E-state index in [1.165, 1.54) is 13.0 Å². The molecule has 4 heteroatoms. The first-order chi connectivity index (χ1) is 8.09. The van der Waals surface area contributed by atoms with E-state index in [1.54, 1.807) is 30.3 Å². The van der Waals surface area contributed by atoms with Crippen LogP contribution in [0.15, 0.2) is 42.0 Å². The molecule has 0 spiro atoms. The van der Waals surface area contributed by atoms with Crippen molar-refractivity contribution in [1.82, 2.24) is 0 Å². The summed E-state index contributed by atoms with van der Waals surface area (Å²) >= 11 is 0. The quantitative estimate of drug-likeness (QED) is 0.737. The van der Waals surface area contributed by atoms with Gasteiger partial charge in [-0.05, 0) is 19.1 Å². The number of Topliss-reactive ketones (excluding diaryl/α,β-unsaturated/α-hetero) is 1. The van der Waals surface area contributed by atoms with Crippen LogP contribution in [0.5, 0.6) is 0 Å². The van der Waals surface area contributed by atoms with Gasteiger partial charge in [0.15, 0.2) is 0 Å². The second kappa shape index (κ2) is 4.33. The van der Waals surface area contributed by atoms with Gasteiger partial charge in [-0.1, -0.05) is 18.2 Å². The molecule has 17 heavy (non-hydrogen) atoms. The van der Waals surface area contributed by atoms with E-state index in [9.17, 15) is 14.4 Å². The van der Waals surface area contributed by atoms with Gasteiger partial charge in [0, 0.05) is 18.1 Å². The maximum Gasteiger partial charge on any atom is 0.261 e. The standard InChI is InChI=1S/C13H11NO3/c1-9(15)7-10-8-12(16)14(13(10)17)11-5-3-2-4-6-11/h2-6,8H,7H2,1H3. The Morgan fingerprint density at radius 2 is 1.82 bits per heavy atom. The number of carbonyl (C=O) groups is 3. The lowest BCUT2D eigenvalue weighted by atomic mass is 10.1. The fraction of sp³-hybridized carbons (Fsp3) is 0.154. The molecule has 0 N–H and O–H groups in total.